The monoisotopic (exact) mass is 308 g/mol. The third-order valence-corrected chi connectivity index (χ3v) is 6.00. The summed E-state index contributed by atoms with van der Waals surface area (Å²) in [6, 6.07) is 18.0. The summed E-state index contributed by atoms with van der Waals surface area (Å²) in [6.07, 6.45) is 0. The lowest BCUT2D eigenvalue weighted by Gasteiger charge is -2.20. The van der Waals surface area contributed by atoms with Crippen LogP contribution < -0.4 is 0 Å². The molecule has 0 heterocycles. The van der Waals surface area contributed by atoms with E-state index in [0.717, 1.165) is 0 Å². The minimum Gasteiger partial charge on any atom is -0.0610 e. The first kappa shape index (κ1) is 13.8. The summed E-state index contributed by atoms with van der Waals surface area (Å²) in [6.45, 7) is 9.08. The van der Waals surface area contributed by atoms with E-state index in [-0.39, 0.29) is 0 Å². The molecule has 0 aliphatic heterocycles. The Labute approximate surface area is 142 Å². The van der Waals surface area contributed by atoms with E-state index in [4.69, 9.17) is 0 Å². The second-order valence-electron chi connectivity index (χ2n) is 7.14. The minimum atomic E-state index is 1.34. The molecule has 0 radical (unpaired) electrons. The van der Waals surface area contributed by atoms with Crippen LogP contribution in [-0.4, -0.2) is 0 Å². The second kappa shape index (κ2) is 4.48. The van der Waals surface area contributed by atoms with Gasteiger partial charge in [0.05, 0.1) is 0 Å². The van der Waals surface area contributed by atoms with Gasteiger partial charge >= 0.3 is 0 Å². The number of benzene rings is 5. The maximum Gasteiger partial charge on any atom is -0.00182 e. The van der Waals surface area contributed by atoms with E-state index in [9.17, 15) is 0 Å². The van der Waals surface area contributed by atoms with Gasteiger partial charge in [0.25, 0.3) is 0 Å². The Balaban J connectivity index is 2.32. The molecule has 0 aliphatic rings. The summed E-state index contributed by atoms with van der Waals surface area (Å²) in [5.41, 5.74) is 5.65. The lowest BCUT2D eigenvalue weighted by atomic mass is 9.83. The Morgan fingerprint density at radius 1 is 0.458 bits per heavy atom. The molecule has 0 fully saturated rings. The van der Waals surface area contributed by atoms with Crippen molar-refractivity contribution in [3.05, 3.63) is 70.8 Å². The van der Waals surface area contributed by atoms with Crippen LogP contribution in [0.15, 0.2) is 48.5 Å². The van der Waals surface area contributed by atoms with Crippen molar-refractivity contribution in [3.8, 4) is 0 Å². The number of fused-ring (bicyclic) bond motifs is 2. The van der Waals surface area contributed by atoms with Gasteiger partial charge in [-0.2, -0.15) is 0 Å². The highest BCUT2D eigenvalue weighted by Crippen LogP contribution is 2.44. The average molecular weight is 308 g/mol. The SMILES string of the molecule is Cc1c(C)c2c(C)ccc3c4cccc5cccc(c(c1C)c23)c54. The molecule has 0 saturated carbocycles. The largest absolute Gasteiger partial charge is 0.0610 e. The molecule has 5 aromatic carbocycles. The Bertz CT molecular complexity index is 1270. The maximum atomic E-state index is 2.32. The fourth-order valence-corrected chi connectivity index (χ4v) is 4.63. The van der Waals surface area contributed by atoms with E-state index < -0.39 is 0 Å². The third kappa shape index (κ3) is 1.49. The number of rotatable bonds is 0. The Hall–Kier alpha value is -2.60. The fraction of sp³-hybridized carbons (Fsp3) is 0.167. The van der Waals surface area contributed by atoms with Crippen LogP contribution in [0.4, 0.5) is 0 Å². The molecule has 0 aliphatic carbocycles. The first-order valence-electron chi connectivity index (χ1n) is 8.65. The van der Waals surface area contributed by atoms with Gasteiger partial charge in [-0.25, -0.2) is 0 Å². The van der Waals surface area contributed by atoms with E-state index in [1.807, 2.05) is 0 Å². The average Bonchev–Trinajstić information content (AvgIpc) is 2.59. The van der Waals surface area contributed by atoms with E-state index in [2.05, 4.69) is 76.2 Å². The van der Waals surface area contributed by atoms with Crippen molar-refractivity contribution in [1.82, 2.24) is 0 Å². The predicted molar refractivity (Wildman–Crippen MR) is 107 cm³/mol. The van der Waals surface area contributed by atoms with Gasteiger partial charge in [0, 0.05) is 0 Å². The molecule has 0 saturated heterocycles. The van der Waals surface area contributed by atoms with E-state index >= 15 is 0 Å². The lowest BCUT2D eigenvalue weighted by molar-refractivity contribution is 1.31. The van der Waals surface area contributed by atoms with Crippen LogP contribution in [-0.2, 0) is 0 Å². The normalized spacial score (nSPS) is 12.2. The molecule has 24 heavy (non-hydrogen) atoms. The van der Waals surface area contributed by atoms with E-state index in [1.54, 1.807) is 0 Å². The van der Waals surface area contributed by atoms with Gasteiger partial charge in [-0.05, 0) is 93.0 Å². The molecule has 5 aromatic rings. The molecule has 0 bridgehead atoms. The zero-order valence-electron chi connectivity index (χ0n) is 14.6. The minimum absolute atomic E-state index is 1.34. The van der Waals surface area contributed by atoms with Gasteiger partial charge in [-0.15, -0.1) is 0 Å². The number of aryl methyl sites for hydroxylation is 3. The molecule has 0 heteroatoms. The highest BCUT2D eigenvalue weighted by atomic mass is 14.2. The van der Waals surface area contributed by atoms with Crippen molar-refractivity contribution in [2.24, 2.45) is 0 Å². The predicted octanol–water partition coefficient (Wildman–Crippen LogP) is 6.97. The van der Waals surface area contributed by atoms with E-state index in [1.165, 1.54) is 65.3 Å². The van der Waals surface area contributed by atoms with Crippen molar-refractivity contribution in [2.75, 3.05) is 0 Å². The maximum absolute atomic E-state index is 2.32. The summed E-state index contributed by atoms with van der Waals surface area (Å²) < 4.78 is 0. The van der Waals surface area contributed by atoms with Gasteiger partial charge in [-0.1, -0.05) is 48.5 Å². The summed E-state index contributed by atoms with van der Waals surface area (Å²) in [5.74, 6) is 0. The molecule has 0 amide bonds. The third-order valence-electron chi connectivity index (χ3n) is 6.00. The lowest BCUT2D eigenvalue weighted by Crippen LogP contribution is -1.96. The molecule has 0 spiro atoms. The molecule has 0 atom stereocenters. The molecular formula is C24H20. The fourth-order valence-electron chi connectivity index (χ4n) is 4.63. The molecular weight excluding hydrogens is 288 g/mol. The Kier molecular flexibility index (Phi) is 2.58. The van der Waals surface area contributed by atoms with Crippen LogP contribution in [0.25, 0.3) is 43.1 Å². The van der Waals surface area contributed by atoms with Gasteiger partial charge in [0.15, 0.2) is 0 Å². The Morgan fingerprint density at radius 3 is 1.83 bits per heavy atom. The van der Waals surface area contributed by atoms with Crippen LogP contribution in [0.5, 0.6) is 0 Å². The van der Waals surface area contributed by atoms with Crippen molar-refractivity contribution < 1.29 is 0 Å². The summed E-state index contributed by atoms with van der Waals surface area (Å²) in [4.78, 5) is 0. The van der Waals surface area contributed by atoms with Crippen LogP contribution in [0.1, 0.15) is 22.3 Å². The zero-order valence-corrected chi connectivity index (χ0v) is 14.6. The summed E-state index contributed by atoms with van der Waals surface area (Å²) in [5, 5.41) is 11.2. The molecule has 0 aromatic heterocycles. The first-order valence-corrected chi connectivity index (χ1v) is 8.65. The van der Waals surface area contributed by atoms with Gasteiger partial charge < -0.3 is 0 Å². The first-order chi connectivity index (χ1) is 11.6. The van der Waals surface area contributed by atoms with E-state index in [0.29, 0.717) is 0 Å². The number of hydrogen-bond acceptors (Lipinski definition) is 0. The summed E-state index contributed by atoms with van der Waals surface area (Å²) >= 11 is 0. The molecule has 0 unspecified atom stereocenters. The van der Waals surface area contributed by atoms with Crippen LogP contribution >= 0.6 is 0 Å². The molecule has 116 valence electrons. The summed E-state index contributed by atoms with van der Waals surface area (Å²) in [7, 11) is 0. The van der Waals surface area contributed by atoms with Crippen LogP contribution in [0.2, 0.25) is 0 Å². The Morgan fingerprint density at radius 2 is 1.08 bits per heavy atom. The van der Waals surface area contributed by atoms with Crippen molar-refractivity contribution in [1.29, 1.82) is 0 Å². The molecule has 0 nitrogen and oxygen atoms in total. The van der Waals surface area contributed by atoms with Gasteiger partial charge in [-0.3, -0.25) is 0 Å². The molecule has 0 N–H and O–H groups in total. The highest BCUT2D eigenvalue weighted by molar-refractivity contribution is 6.34. The highest BCUT2D eigenvalue weighted by Gasteiger charge is 2.18. The van der Waals surface area contributed by atoms with Crippen molar-refractivity contribution in [3.63, 3.8) is 0 Å². The van der Waals surface area contributed by atoms with Crippen LogP contribution in [0, 0.1) is 27.7 Å². The van der Waals surface area contributed by atoms with Crippen molar-refractivity contribution in [2.45, 2.75) is 27.7 Å². The smallest absolute Gasteiger partial charge is 0.00182 e. The number of hydrogen-bond donors (Lipinski definition) is 0. The zero-order chi connectivity index (χ0) is 16.6. The van der Waals surface area contributed by atoms with Gasteiger partial charge in [0.1, 0.15) is 0 Å². The quantitative estimate of drug-likeness (QED) is 0.214. The van der Waals surface area contributed by atoms with Crippen LogP contribution in [0.3, 0.4) is 0 Å². The standard InChI is InChI=1S/C24H20/c1-13-11-12-19-18-9-5-7-17-8-6-10-20(23(17)18)22-16(4)14(2)15(3)21(13)24(19)22/h5-12H,1-4H3. The topological polar surface area (TPSA) is 0 Å². The van der Waals surface area contributed by atoms with Crippen molar-refractivity contribution >= 4 is 43.1 Å². The van der Waals surface area contributed by atoms with Gasteiger partial charge in [0.2, 0.25) is 0 Å². The molecule has 5 rings (SSSR count). The second-order valence-corrected chi connectivity index (χ2v) is 7.14.